The van der Waals surface area contributed by atoms with Crippen molar-refractivity contribution in [3.05, 3.63) is 53.6 Å². The first-order valence-electron chi connectivity index (χ1n) is 10.1. The molecule has 1 saturated heterocycles. The van der Waals surface area contributed by atoms with Gasteiger partial charge in [0, 0.05) is 26.2 Å². The minimum atomic E-state index is -0.648. The third-order valence-electron chi connectivity index (χ3n) is 5.28. The summed E-state index contributed by atoms with van der Waals surface area (Å²) in [4.78, 5) is 28.5. The zero-order valence-corrected chi connectivity index (χ0v) is 17.6. The van der Waals surface area contributed by atoms with Gasteiger partial charge < -0.3 is 24.4 Å². The largest absolute Gasteiger partial charge is 0.508 e. The molecule has 1 N–H and O–H groups in total. The Morgan fingerprint density at radius 1 is 0.933 bits per heavy atom. The zero-order chi connectivity index (χ0) is 21.7. The van der Waals surface area contributed by atoms with E-state index in [4.69, 9.17) is 9.47 Å². The predicted octanol–water partition coefficient (Wildman–Crippen LogP) is 2.53. The van der Waals surface area contributed by atoms with Crippen LogP contribution in [0.1, 0.15) is 18.1 Å². The van der Waals surface area contributed by atoms with Crippen LogP contribution in [0.2, 0.25) is 0 Å². The van der Waals surface area contributed by atoms with E-state index >= 15 is 0 Å². The Bertz CT molecular complexity index is 889. The van der Waals surface area contributed by atoms with Crippen molar-refractivity contribution < 1.29 is 24.2 Å². The Kier molecular flexibility index (Phi) is 6.82. The summed E-state index contributed by atoms with van der Waals surface area (Å²) in [5.74, 6) is 1.13. The van der Waals surface area contributed by atoms with Crippen LogP contribution in [0, 0.1) is 13.8 Å². The molecule has 0 aromatic heterocycles. The van der Waals surface area contributed by atoms with Crippen LogP contribution in [0.25, 0.3) is 0 Å². The molecule has 0 spiro atoms. The van der Waals surface area contributed by atoms with Gasteiger partial charge in [0.2, 0.25) is 0 Å². The van der Waals surface area contributed by atoms with E-state index in [0.29, 0.717) is 37.7 Å². The highest BCUT2D eigenvalue weighted by atomic mass is 16.5. The molecule has 2 aromatic carbocycles. The van der Waals surface area contributed by atoms with Crippen molar-refractivity contribution in [2.24, 2.45) is 0 Å². The normalized spacial score (nSPS) is 14.9. The van der Waals surface area contributed by atoms with Gasteiger partial charge in [-0.05, 0) is 68.3 Å². The van der Waals surface area contributed by atoms with Crippen LogP contribution in [0.3, 0.4) is 0 Å². The van der Waals surface area contributed by atoms with Gasteiger partial charge in [-0.15, -0.1) is 0 Å². The van der Waals surface area contributed by atoms with E-state index in [-0.39, 0.29) is 24.2 Å². The van der Waals surface area contributed by atoms with Gasteiger partial charge in [-0.3, -0.25) is 9.59 Å². The molecule has 0 aliphatic carbocycles. The third-order valence-corrected chi connectivity index (χ3v) is 5.28. The lowest BCUT2D eigenvalue weighted by Crippen LogP contribution is -2.54. The maximum atomic E-state index is 12.6. The number of carbonyl (C=O) groups is 2. The van der Waals surface area contributed by atoms with Crippen molar-refractivity contribution in [1.82, 2.24) is 9.80 Å². The number of hydrogen-bond acceptors (Lipinski definition) is 5. The second-order valence-corrected chi connectivity index (χ2v) is 7.49. The molecule has 0 bridgehead atoms. The van der Waals surface area contributed by atoms with Crippen LogP contribution in [0.5, 0.6) is 17.2 Å². The zero-order valence-electron chi connectivity index (χ0n) is 17.6. The SMILES string of the molecule is Cc1ccc(OCC(=O)N2CCN(C(=O)C(C)Oc3ccc(O)cc3)CC2)cc1C. The maximum Gasteiger partial charge on any atom is 0.263 e. The van der Waals surface area contributed by atoms with Crippen molar-refractivity contribution in [1.29, 1.82) is 0 Å². The fourth-order valence-corrected chi connectivity index (χ4v) is 3.25. The number of rotatable bonds is 6. The van der Waals surface area contributed by atoms with Crippen LogP contribution in [0.15, 0.2) is 42.5 Å². The Hall–Kier alpha value is -3.22. The topological polar surface area (TPSA) is 79.3 Å². The second-order valence-electron chi connectivity index (χ2n) is 7.49. The molecule has 7 heteroatoms. The summed E-state index contributed by atoms with van der Waals surface area (Å²) in [6.07, 6.45) is -0.648. The van der Waals surface area contributed by atoms with E-state index in [1.165, 1.54) is 17.7 Å². The van der Waals surface area contributed by atoms with Gasteiger partial charge in [-0.1, -0.05) is 6.07 Å². The van der Waals surface area contributed by atoms with Crippen LogP contribution >= 0.6 is 0 Å². The molecule has 2 amide bonds. The lowest BCUT2D eigenvalue weighted by molar-refractivity contribution is -0.144. The molecule has 30 heavy (non-hydrogen) atoms. The number of hydrogen-bond donors (Lipinski definition) is 1. The highest BCUT2D eigenvalue weighted by Gasteiger charge is 2.28. The molecule has 160 valence electrons. The number of carbonyl (C=O) groups excluding carboxylic acids is 2. The van der Waals surface area contributed by atoms with Crippen molar-refractivity contribution in [3.8, 4) is 17.2 Å². The second kappa shape index (κ2) is 9.52. The van der Waals surface area contributed by atoms with Crippen molar-refractivity contribution >= 4 is 11.8 Å². The van der Waals surface area contributed by atoms with Gasteiger partial charge in [-0.2, -0.15) is 0 Å². The highest BCUT2D eigenvalue weighted by Crippen LogP contribution is 2.19. The van der Waals surface area contributed by atoms with Gasteiger partial charge >= 0.3 is 0 Å². The summed E-state index contributed by atoms with van der Waals surface area (Å²) in [5.41, 5.74) is 2.30. The first-order valence-corrected chi connectivity index (χ1v) is 10.1. The van der Waals surface area contributed by atoms with Crippen LogP contribution < -0.4 is 9.47 Å². The molecular formula is C23H28N2O5. The minimum Gasteiger partial charge on any atom is -0.508 e. The first kappa shape index (κ1) is 21.5. The van der Waals surface area contributed by atoms with Crippen molar-refractivity contribution in [3.63, 3.8) is 0 Å². The fourth-order valence-electron chi connectivity index (χ4n) is 3.25. The van der Waals surface area contributed by atoms with E-state index < -0.39 is 6.10 Å². The smallest absolute Gasteiger partial charge is 0.263 e. The van der Waals surface area contributed by atoms with Gasteiger partial charge in [-0.25, -0.2) is 0 Å². The predicted molar refractivity (Wildman–Crippen MR) is 113 cm³/mol. The lowest BCUT2D eigenvalue weighted by atomic mass is 10.1. The number of amides is 2. The minimum absolute atomic E-state index is 0.0170. The Labute approximate surface area is 176 Å². The number of aryl methyl sites for hydroxylation is 2. The number of phenolic OH excluding ortho intramolecular Hbond substituents is 1. The average Bonchev–Trinajstić information content (AvgIpc) is 2.75. The first-order chi connectivity index (χ1) is 14.3. The van der Waals surface area contributed by atoms with Gasteiger partial charge in [0.1, 0.15) is 17.2 Å². The summed E-state index contributed by atoms with van der Waals surface area (Å²) in [5, 5.41) is 9.33. The number of piperazine rings is 1. The number of nitrogens with zero attached hydrogens (tertiary/aromatic N) is 2. The molecule has 0 radical (unpaired) electrons. The molecule has 1 aliphatic rings. The lowest BCUT2D eigenvalue weighted by Gasteiger charge is -2.35. The van der Waals surface area contributed by atoms with E-state index in [2.05, 4.69) is 0 Å². The summed E-state index contributed by atoms with van der Waals surface area (Å²) in [6, 6.07) is 12.0. The Balaban J connectivity index is 1.45. The molecule has 1 fully saturated rings. The average molecular weight is 412 g/mol. The number of benzene rings is 2. The fraction of sp³-hybridized carbons (Fsp3) is 0.391. The summed E-state index contributed by atoms with van der Waals surface area (Å²) in [7, 11) is 0. The monoisotopic (exact) mass is 412 g/mol. The van der Waals surface area contributed by atoms with E-state index in [1.54, 1.807) is 28.9 Å². The molecule has 1 atom stereocenters. The highest BCUT2D eigenvalue weighted by molar-refractivity contribution is 5.82. The molecule has 2 aromatic rings. The molecule has 1 heterocycles. The van der Waals surface area contributed by atoms with Gasteiger partial charge in [0.15, 0.2) is 12.7 Å². The Morgan fingerprint density at radius 3 is 2.17 bits per heavy atom. The molecule has 1 unspecified atom stereocenters. The van der Waals surface area contributed by atoms with Crippen LogP contribution in [0.4, 0.5) is 0 Å². The summed E-state index contributed by atoms with van der Waals surface area (Å²) >= 11 is 0. The Morgan fingerprint density at radius 2 is 1.53 bits per heavy atom. The van der Waals surface area contributed by atoms with Crippen molar-refractivity contribution in [2.75, 3.05) is 32.8 Å². The van der Waals surface area contributed by atoms with Crippen LogP contribution in [-0.2, 0) is 9.59 Å². The number of ether oxygens (including phenoxy) is 2. The summed E-state index contributed by atoms with van der Waals surface area (Å²) in [6.45, 7) is 7.56. The molecular weight excluding hydrogens is 384 g/mol. The molecule has 3 rings (SSSR count). The maximum absolute atomic E-state index is 12.6. The van der Waals surface area contributed by atoms with E-state index in [9.17, 15) is 14.7 Å². The quantitative estimate of drug-likeness (QED) is 0.789. The van der Waals surface area contributed by atoms with Crippen LogP contribution in [-0.4, -0.2) is 65.6 Å². The van der Waals surface area contributed by atoms with Gasteiger partial charge in [0.05, 0.1) is 0 Å². The molecule has 0 saturated carbocycles. The van der Waals surface area contributed by atoms with E-state index in [1.807, 2.05) is 32.0 Å². The van der Waals surface area contributed by atoms with E-state index in [0.717, 1.165) is 5.56 Å². The molecule has 7 nitrogen and oxygen atoms in total. The third kappa shape index (κ3) is 5.43. The van der Waals surface area contributed by atoms with Crippen molar-refractivity contribution in [2.45, 2.75) is 26.9 Å². The number of phenols is 1. The van der Waals surface area contributed by atoms with Gasteiger partial charge in [0.25, 0.3) is 11.8 Å². The molecule has 1 aliphatic heterocycles. The number of aromatic hydroxyl groups is 1. The standard InChI is InChI=1S/C23H28N2O5/c1-16-4-7-21(14-17(16)2)29-15-22(27)24-10-12-25(13-11-24)23(28)18(3)30-20-8-5-19(26)6-9-20/h4-9,14,18,26H,10-13,15H2,1-3H3. The summed E-state index contributed by atoms with van der Waals surface area (Å²) < 4.78 is 11.3.